The van der Waals surface area contributed by atoms with E-state index < -0.39 is 5.82 Å². The molecule has 0 radical (unpaired) electrons. The summed E-state index contributed by atoms with van der Waals surface area (Å²) in [5, 5.41) is 0.648. The van der Waals surface area contributed by atoms with Crippen LogP contribution in [-0.4, -0.2) is 38.3 Å². The number of hydrogen-bond donors (Lipinski definition) is 0. The van der Waals surface area contributed by atoms with Crippen molar-refractivity contribution < 1.29 is 28.1 Å². The van der Waals surface area contributed by atoms with Crippen molar-refractivity contribution in [3.8, 4) is 28.7 Å². The minimum Gasteiger partial charge on any atom is -0.493 e. The van der Waals surface area contributed by atoms with Crippen molar-refractivity contribution >= 4 is 22.5 Å². The smallest absolute Gasteiger partial charge is 0.227 e. The van der Waals surface area contributed by atoms with Gasteiger partial charge in [0.15, 0.2) is 23.1 Å². The number of para-hydroxylation sites is 1. The van der Waals surface area contributed by atoms with Crippen molar-refractivity contribution in [2.45, 2.75) is 6.42 Å². The van der Waals surface area contributed by atoms with E-state index in [1.165, 1.54) is 19.2 Å². The number of aromatic nitrogens is 1. The van der Waals surface area contributed by atoms with Gasteiger partial charge in [0.2, 0.25) is 5.91 Å². The maximum absolute atomic E-state index is 15.1. The summed E-state index contributed by atoms with van der Waals surface area (Å²) in [5.74, 6) is 1.65. The molecular formula is C28H25FN2O5. The monoisotopic (exact) mass is 488 g/mol. The van der Waals surface area contributed by atoms with E-state index in [2.05, 4.69) is 4.98 Å². The highest BCUT2D eigenvalue weighted by atomic mass is 19.1. The molecule has 0 N–H and O–H groups in total. The molecule has 1 saturated heterocycles. The van der Waals surface area contributed by atoms with Gasteiger partial charge in [0.05, 0.1) is 26.3 Å². The van der Waals surface area contributed by atoms with Crippen molar-refractivity contribution in [1.82, 2.24) is 4.98 Å². The van der Waals surface area contributed by atoms with Crippen molar-refractivity contribution in [3.63, 3.8) is 0 Å². The first kappa shape index (κ1) is 23.4. The van der Waals surface area contributed by atoms with E-state index in [0.717, 1.165) is 5.75 Å². The Morgan fingerprint density at radius 1 is 0.944 bits per heavy atom. The van der Waals surface area contributed by atoms with Gasteiger partial charge in [-0.15, -0.1) is 0 Å². The first-order valence-electron chi connectivity index (χ1n) is 11.5. The second-order valence-corrected chi connectivity index (χ2v) is 8.45. The molecule has 0 bridgehead atoms. The van der Waals surface area contributed by atoms with Crippen LogP contribution in [0.2, 0.25) is 0 Å². The third kappa shape index (κ3) is 4.75. The van der Waals surface area contributed by atoms with Crippen LogP contribution < -0.4 is 23.8 Å². The van der Waals surface area contributed by atoms with Crippen LogP contribution in [0.25, 0.3) is 10.9 Å². The van der Waals surface area contributed by atoms with Gasteiger partial charge < -0.3 is 23.8 Å². The topological polar surface area (TPSA) is 70.1 Å². The minimum atomic E-state index is -0.574. The van der Waals surface area contributed by atoms with Gasteiger partial charge in [-0.3, -0.25) is 9.78 Å². The fourth-order valence-corrected chi connectivity index (χ4v) is 4.27. The Morgan fingerprint density at radius 3 is 2.47 bits per heavy atom. The molecule has 8 heteroatoms. The lowest BCUT2D eigenvalue weighted by molar-refractivity contribution is -0.117. The van der Waals surface area contributed by atoms with Gasteiger partial charge in [0.25, 0.3) is 0 Å². The number of carbonyl (C=O) groups is 1. The van der Waals surface area contributed by atoms with Gasteiger partial charge in [-0.05, 0) is 36.4 Å². The number of halogens is 1. The number of hydrogen-bond acceptors (Lipinski definition) is 6. The Labute approximate surface area is 208 Å². The highest BCUT2D eigenvalue weighted by molar-refractivity contribution is 5.95. The molecule has 36 heavy (non-hydrogen) atoms. The molecule has 5 rings (SSSR count). The average molecular weight is 489 g/mol. The van der Waals surface area contributed by atoms with Crippen LogP contribution in [0.5, 0.6) is 28.7 Å². The van der Waals surface area contributed by atoms with E-state index in [4.69, 9.17) is 18.9 Å². The first-order valence-corrected chi connectivity index (χ1v) is 11.5. The molecule has 0 aliphatic carbocycles. The fraction of sp³-hybridized carbons (Fsp3) is 0.214. The summed E-state index contributed by atoms with van der Waals surface area (Å²) in [4.78, 5) is 18.6. The van der Waals surface area contributed by atoms with E-state index in [9.17, 15) is 4.79 Å². The normalized spacial score (nSPS) is 15.2. The zero-order valence-electron chi connectivity index (χ0n) is 19.9. The Hall–Kier alpha value is -4.33. The predicted octanol–water partition coefficient (Wildman–Crippen LogP) is 5.62. The molecule has 3 aromatic carbocycles. The number of nitrogens with zero attached hydrogens (tertiary/aromatic N) is 2. The van der Waals surface area contributed by atoms with Gasteiger partial charge in [-0.1, -0.05) is 18.2 Å². The predicted molar refractivity (Wildman–Crippen MR) is 134 cm³/mol. The van der Waals surface area contributed by atoms with Gasteiger partial charge >= 0.3 is 0 Å². The molecule has 0 saturated carbocycles. The van der Waals surface area contributed by atoms with E-state index in [1.54, 1.807) is 42.5 Å². The third-order valence-electron chi connectivity index (χ3n) is 6.09. The highest BCUT2D eigenvalue weighted by Crippen LogP contribution is 2.38. The quantitative estimate of drug-likeness (QED) is 0.321. The van der Waals surface area contributed by atoms with Gasteiger partial charge in [-0.25, -0.2) is 4.39 Å². The number of rotatable bonds is 8. The van der Waals surface area contributed by atoms with Crippen LogP contribution in [0.3, 0.4) is 0 Å². The molecule has 1 fully saturated rings. The molecule has 0 spiro atoms. The minimum absolute atomic E-state index is 0.0202. The van der Waals surface area contributed by atoms with E-state index >= 15 is 4.39 Å². The Balaban J connectivity index is 1.32. The number of benzene rings is 3. The molecule has 1 aromatic heterocycles. The number of fused-ring (bicyclic) bond motifs is 1. The lowest BCUT2D eigenvalue weighted by atomic mass is 10.1. The second kappa shape index (κ2) is 10.1. The maximum Gasteiger partial charge on any atom is 0.227 e. The first-order chi connectivity index (χ1) is 17.6. The number of pyridine rings is 1. The summed E-state index contributed by atoms with van der Waals surface area (Å²) < 4.78 is 37.5. The van der Waals surface area contributed by atoms with Crippen LogP contribution in [0.4, 0.5) is 10.1 Å². The van der Waals surface area contributed by atoms with E-state index in [0.29, 0.717) is 53.4 Å². The molecule has 0 unspecified atom stereocenters. The fourth-order valence-electron chi connectivity index (χ4n) is 4.27. The second-order valence-electron chi connectivity index (χ2n) is 8.45. The van der Waals surface area contributed by atoms with Crippen molar-refractivity contribution in [3.05, 3.63) is 78.7 Å². The van der Waals surface area contributed by atoms with Crippen LogP contribution in [-0.2, 0) is 4.79 Å². The molecule has 7 nitrogen and oxygen atoms in total. The summed E-state index contributed by atoms with van der Waals surface area (Å²) in [7, 11) is 3.08. The summed E-state index contributed by atoms with van der Waals surface area (Å²) in [6, 6.07) is 19.1. The average Bonchev–Trinajstić information content (AvgIpc) is 3.28. The number of methoxy groups -OCH3 is 2. The SMILES string of the molecule is COc1cc2nccc(Oc3ccc(N4C[C@H](COc5ccccc5)CC4=O)cc3F)c2cc1OC. The lowest BCUT2D eigenvalue weighted by Gasteiger charge is -2.18. The van der Waals surface area contributed by atoms with E-state index in [-0.39, 0.29) is 17.6 Å². The number of amides is 1. The van der Waals surface area contributed by atoms with Crippen LogP contribution in [0, 0.1) is 11.7 Å². The molecule has 2 heterocycles. The Kier molecular flexibility index (Phi) is 6.58. The van der Waals surface area contributed by atoms with Gasteiger partial charge in [-0.2, -0.15) is 0 Å². The van der Waals surface area contributed by atoms with Crippen LogP contribution in [0.15, 0.2) is 72.9 Å². The summed E-state index contributed by atoms with van der Waals surface area (Å²) in [6.45, 7) is 0.876. The molecule has 1 atom stereocenters. The molecule has 184 valence electrons. The summed E-state index contributed by atoms with van der Waals surface area (Å²) in [6.07, 6.45) is 1.93. The molecule has 1 aliphatic rings. The highest BCUT2D eigenvalue weighted by Gasteiger charge is 2.31. The van der Waals surface area contributed by atoms with Gasteiger partial charge in [0.1, 0.15) is 11.5 Å². The Morgan fingerprint density at radius 2 is 1.72 bits per heavy atom. The summed E-state index contributed by atoms with van der Waals surface area (Å²) in [5.41, 5.74) is 1.10. The van der Waals surface area contributed by atoms with Crippen molar-refractivity contribution in [2.75, 3.05) is 32.3 Å². The third-order valence-corrected chi connectivity index (χ3v) is 6.09. The van der Waals surface area contributed by atoms with E-state index in [1.807, 2.05) is 30.3 Å². The number of ether oxygens (including phenoxy) is 4. The lowest BCUT2D eigenvalue weighted by Crippen LogP contribution is -2.25. The van der Waals surface area contributed by atoms with Gasteiger partial charge in [0, 0.05) is 48.3 Å². The van der Waals surface area contributed by atoms with Crippen molar-refractivity contribution in [1.29, 1.82) is 0 Å². The van der Waals surface area contributed by atoms with Crippen molar-refractivity contribution in [2.24, 2.45) is 5.92 Å². The molecule has 1 aliphatic heterocycles. The summed E-state index contributed by atoms with van der Waals surface area (Å²) >= 11 is 0. The number of anilines is 1. The Bertz CT molecular complexity index is 1400. The van der Waals surface area contributed by atoms with Crippen LogP contribution in [0.1, 0.15) is 6.42 Å². The largest absolute Gasteiger partial charge is 0.493 e. The van der Waals surface area contributed by atoms with Crippen LogP contribution >= 0.6 is 0 Å². The zero-order chi connectivity index (χ0) is 25.1. The molecule has 4 aromatic rings. The standard InChI is InChI=1S/C28H25FN2O5/c1-33-26-14-21-23(15-27(26)34-2)30-11-10-24(21)36-25-9-8-19(13-22(25)29)31-16-18(12-28(31)32)17-35-20-6-4-3-5-7-20/h3-11,13-15,18H,12,16-17H2,1-2H3/t18-/m1/s1. The maximum atomic E-state index is 15.1. The number of carbonyl (C=O) groups excluding carboxylic acids is 1. The zero-order valence-corrected chi connectivity index (χ0v) is 19.9. The molecule has 1 amide bonds. The molecular weight excluding hydrogens is 463 g/mol.